The third-order valence-electron chi connectivity index (χ3n) is 5.28. The number of nitrogens with one attached hydrogen (secondary N) is 2. The topological polar surface area (TPSA) is 110 Å². The molecule has 2 amide bonds. The maximum Gasteiger partial charge on any atom is 0.338 e. The Morgan fingerprint density at radius 1 is 0.838 bits per heavy atom. The molecule has 0 saturated carbocycles. The van der Waals surface area contributed by atoms with E-state index in [4.69, 9.17) is 9.15 Å². The predicted molar refractivity (Wildman–Crippen MR) is 141 cm³/mol. The van der Waals surface area contributed by atoms with Crippen LogP contribution >= 0.6 is 0 Å². The number of hydrogen-bond donors (Lipinski definition) is 2. The van der Waals surface area contributed by atoms with Gasteiger partial charge in [0.15, 0.2) is 0 Å². The van der Waals surface area contributed by atoms with E-state index in [1.165, 1.54) is 6.21 Å². The molecule has 3 aromatic carbocycles. The molecule has 0 aliphatic carbocycles. The first kappa shape index (κ1) is 25.1. The Bertz CT molecular complexity index is 1410. The minimum atomic E-state index is -0.488. The molecule has 0 spiro atoms. The van der Waals surface area contributed by atoms with E-state index in [-0.39, 0.29) is 17.4 Å². The van der Waals surface area contributed by atoms with E-state index in [1.807, 2.05) is 13.0 Å². The van der Waals surface area contributed by atoms with Gasteiger partial charge in [0.2, 0.25) is 0 Å². The molecule has 0 atom stereocenters. The lowest BCUT2D eigenvalue weighted by Crippen LogP contribution is -2.21. The van der Waals surface area contributed by atoms with Crippen molar-refractivity contribution in [3.05, 3.63) is 113 Å². The second kappa shape index (κ2) is 12.1. The third-order valence-corrected chi connectivity index (χ3v) is 5.28. The van der Waals surface area contributed by atoms with Crippen molar-refractivity contribution in [2.24, 2.45) is 5.10 Å². The highest BCUT2D eigenvalue weighted by atomic mass is 16.5. The molecule has 4 rings (SSSR count). The first-order valence-corrected chi connectivity index (χ1v) is 11.7. The molecule has 0 saturated heterocycles. The number of esters is 1. The van der Waals surface area contributed by atoms with Crippen LogP contribution in [-0.4, -0.2) is 30.6 Å². The SMILES string of the molecule is CCCOC(=O)c1ccc(-c2ccc(/C=N\NC(=O)c3ccccc3NC(=O)c3ccccc3)o2)cc1. The summed E-state index contributed by atoms with van der Waals surface area (Å²) >= 11 is 0. The first-order chi connectivity index (χ1) is 18.0. The minimum absolute atomic E-state index is 0.265. The number of furan rings is 1. The largest absolute Gasteiger partial charge is 0.462 e. The summed E-state index contributed by atoms with van der Waals surface area (Å²) in [5.41, 5.74) is 4.81. The van der Waals surface area contributed by atoms with Crippen molar-refractivity contribution < 1.29 is 23.5 Å². The van der Waals surface area contributed by atoms with Crippen LogP contribution in [0.4, 0.5) is 5.69 Å². The molecule has 37 heavy (non-hydrogen) atoms. The van der Waals surface area contributed by atoms with Crippen LogP contribution < -0.4 is 10.7 Å². The van der Waals surface area contributed by atoms with Crippen molar-refractivity contribution in [2.45, 2.75) is 13.3 Å². The number of benzene rings is 3. The number of hydrogen-bond acceptors (Lipinski definition) is 6. The van der Waals surface area contributed by atoms with Crippen molar-refractivity contribution in [3.8, 4) is 11.3 Å². The van der Waals surface area contributed by atoms with Crippen molar-refractivity contribution in [1.82, 2.24) is 5.43 Å². The van der Waals surface area contributed by atoms with Gasteiger partial charge < -0.3 is 14.5 Å². The smallest absolute Gasteiger partial charge is 0.338 e. The number of hydrazone groups is 1. The molecular weight excluding hydrogens is 470 g/mol. The standard InChI is InChI=1S/C29H25N3O5/c1-2-18-36-29(35)22-14-12-20(13-15-22)26-17-16-23(37-26)19-30-32-28(34)24-10-6-7-11-25(24)31-27(33)21-8-4-3-5-9-21/h3-17,19H,2,18H2,1H3,(H,31,33)(H,32,34)/b30-19-. The summed E-state index contributed by atoms with van der Waals surface area (Å²) in [6.45, 7) is 2.32. The van der Waals surface area contributed by atoms with Gasteiger partial charge in [0.1, 0.15) is 11.5 Å². The molecule has 1 heterocycles. The number of nitrogens with zero attached hydrogens (tertiary/aromatic N) is 1. The quantitative estimate of drug-likeness (QED) is 0.180. The number of carbonyl (C=O) groups excluding carboxylic acids is 3. The lowest BCUT2D eigenvalue weighted by atomic mass is 10.1. The van der Waals surface area contributed by atoms with Crippen molar-refractivity contribution in [3.63, 3.8) is 0 Å². The molecule has 0 fully saturated rings. The molecule has 8 nitrogen and oxygen atoms in total. The molecule has 0 radical (unpaired) electrons. The second-order valence-electron chi connectivity index (χ2n) is 7.98. The number of ether oxygens (including phenoxy) is 1. The fourth-order valence-electron chi connectivity index (χ4n) is 3.41. The fourth-order valence-corrected chi connectivity index (χ4v) is 3.41. The van der Waals surface area contributed by atoms with Crippen LogP contribution in [0, 0.1) is 0 Å². The van der Waals surface area contributed by atoms with Gasteiger partial charge >= 0.3 is 5.97 Å². The summed E-state index contributed by atoms with van der Waals surface area (Å²) in [7, 11) is 0. The summed E-state index contributed by atoms with van der Waals surface area (Å²) in [6, 6.07) is 25.8. The van der Waals surface area contributed by atoms with E-state index in [1.54, 1.807) is 84.9 Å². The van der Waals surface area contributed by atoms with E-state index in [9.17, 15) is 14.4 Å². The summed E-state index contributed by atoms with van der Waals surface area (Å²) in [5.74, 6) is -0.170. The summed E-state index contributed by atoms with van der Waals surface area (Å²) in [4.78, 5) is 37.2. The number of carbonyl (C=O) groups is 3. The van der Waals surface area contributed by atoms with Crippen LogP contribution in [0.25, 0.3) is 11.3 Å². The molecule has 8 heteroatoms. The molecule has 4 aromatic rings. The highest BCUT2D eigenvalue weighted by Crippen LogP contribution is 2.22. The monoisotopic (exact) mass is 495 g/mol. The van der Waals surface area contributed by atoms with Gasteiger partial charge in [-0.15, -0.1) is 0 Å². The van der Waals surface area contributed by atoms with Crippen LogP contribution in [0.3, 0.4) is 0 Å². The molecule has 2 N–H and O–H groups in total. The van der Waals surface area contributed by atoms with E-state index in [0.29, 0.717) is 34.9 Å². The molecule has 0 bridgehead atoms. The third kappa shape index (κ3) is 6.58. The molecular formula is C29H25N3O5. The van der Waals surface area contributed by atoms with Crippen LogP contribution in [0.15, 0.2) is 101 Å². The summed E-state index contributed by atoms with van der Waals surface area (Å²) in [5, 5.41) is 6.74. The Labute approximate surface area is 214 Å². The molecule has 186 valence electrons. The Balaban J connectivity index is 1.37. The van der Waals surface area contributed by atoms with Crippen molar-refractivity contribution in [2.75, 3.05) is 11.9 Å². The van der Waals surface area contributed by atoms with Gasteiger partial charge in [0, 0.05) is 11.1 Å². The summed E-state index contributed by atoms with van der Waals surface area (Å²) < 4.78 is 10.9. The van der Waals surface area contributed by atoms with Gasteiger partial charge in [0.05, 0.1) is 29.6 Å². The zero-order chi connectivity index (χ0) is 26.0. The normalized spacial score (nSPS) is 10.7. The number of amides is 2. The fraction of sp³-hybridized carbons (Fsp3) is 0.103. The number of anilines is 1. The van der Waals surface area contributed by atoms with Gasteiger partial charge in [-0.25, -0.2) is 10.2 Å². The van der Waals surface area contributed by atoms with Crippen LogP contribution in [0.1, 0.15) is 50.2 Å². The Hall–Kier alpha value is -4.98. The maximum atomic E-state index is 12.7. The van der Waals surface area contributed by atoms with E-state index in [2.05, 4.69) is 15.8 Å². The van der Waals surface area contributed by atoms with Crippen LogP contribution in [0.2, 0.25) is 0 Å². The average molecular weight is 496 g/mol. The Morgan fingerprint density at radius 2 is 1.57 bits per heavy atom. The molecule has 0 unspecified atom stereocenters. The van der Waals surface area contributed by atoms with Crippen LogP contribution in [-0.2, 0) is 4.74 Å². The van der Waals surface area contributed by atoms with E-state index < -0.39 is 5.91 Å². The van der Waals surface area contributed by atoms with Crippen molar-refractivity contribution in [1.29, 1.82) is 0 Å². The van der Waals surface area contributed by atoms with Gasteiger partial charge in [-0.05, 0) is 55.0 Å². The van der Waals surface area contributed by atoms with E-state index in [0.717, 1.165) is 12.0 Å². The van der Waals surface area contributed by atoms with Crippen LogP contribution in [0.5, 0.6) is 0 Å². The van der Waals surface area contributed by atoms with Crippen molar-refractivity contribution >= 4 is 29.7 Å². The van der Waals surface area contributed by atoms with Gasteiger partial charge in [-0.3, -0.25) is 9.59 Å². The predicted octanol–water partition coefficient (Wildman–Crippen LogP) is 5.53. The Morgan fingerprint density at radius 3 is 2.32 bits per heavy atom. The average Bonchev–Trinajstić information content (AvgIpc) is 3.41. The highest BCUT2D eigenvalue weighted by molar-refractivity contribution is 6.09. The van der Waals surface area contributed by atoms with E-state index >= 15 is 0 Å². The zero-order valence-electron chi connectivity index (χ0n) is 20.1. The number of para-hydroxylation sites is 1. The number of rotatable bonds is 9. The molecule has 0 aliphatic rings. The lowest BCUT2D eigenvalue weighted by molar-refractivity contribution is 0.0505. The van der Waals surface area contributed by atoms with Gasteiger partial charge in [0.25, 0.3) is 11.8 Å². The first-order valence-electron chi connectivity index (χ1n) is 11.7. The lowest BCUT2D eigenvalue weighted by Gasteiger charge is -2.09. The Kier molecular flexibility index (Phi) is 8.23. The maximum absolute atomic E-state index is 12.7. The highest BCUT2D eigenvalue weighted by Gasteiger charge is 2.14. The zero-order valence-corrected chi connectivity index (χ0v) is 20.1. The minimum Gasteiger partial charge on any atom is -0.462 e. The van der Waals surface area contributed by atoms with Gasteiger partial charge in [-0.1, -0.05) is 49.4 Å². The second-order valence-corrected chi connectivity index (χ2v) is 7.98. The molecule has 0 aliphatic heterocycles. The summed E-state index contributed by atoms with van der Waals surface area (Å²) in [6.07, 6.45) is 2.14. The van der Waals surface area contributed by atoms with Gasteiger partial charge in [-0.2, -0.15) is 5.10 Å². The molecule has 1 aromatic heterocycles.